The number of aromatic nitrogens is 2. The molecule has 4 amide bonds. The number of phenolic OH excluding ortho intramolecular Hbond substituents is 1. The van der Waals surface area contributed by atoms with Gasteiger partial charge in [-0.2, -0.15) is 0 Å². The summed E-state index contributed by atoms with van der Waals surface area (Å²) in [6.45, 7) is 19.7. The Bertz CT molecular complexity index is 2490. The van der Waals surface area contributed by atoms with E-state index in [1.165, 1.54) is 17.0 Å². The fraction of sp³-hybridized carbons (Fsp3) is 0.529. The molecule has 66 heavy (non-hydrogen) atoms. The molecule has 5 atom stereocenters. The lowest BCUT2D eigenvalue weighted by atomic mass is 9.83. The summed E-state index contributed by atoms with van der Waals surface area (Å²) >= 11 is 0. The number of phenols is 1. The number of hydrogen-bond donors (Lipinski definition) is 4. The molecule has 2 saturated heterocycles. The Morgan fingerprint density at radius 3 is 2.47 bits per heavy atom. The zero-order valence-corrected chi connectivity index (χ0v) is 40.2. The molecule has 3 aliphatic heterocycles. The quantitative estimate of drug-likeness (QED) is 0.110. The van der Waals surface area contributed by atoms with Gasteiger partial charge in [0.25, 0.3) is 5.91 Å². The number of pyridine rings is 1. The van der Waals surface area contributed by atoms with Crippen molar-refractivity contribution >= 4 is 40.5 Å². The van der Waals surface area contributed by atoms with Crippen LogP contribution in [0, 0.1) is 11.3 Å². The average molecular weight is 905 g/mol. The van der Waals surface area contributed by atoms with Gasteiger partial charge in [-0.25, -0.2) is 5.43 Å². The first kappa shape index (κ1) is 48.1. The van der Waals surface area contributed by atoms with Gasteiger partial charge >= 0.3 is 5.97 Å². The van der Waals surface area contributed by atoms with Crippen molar-refractivity contribution in [3.63, 3.8) is 0 Å². The molecular formula is C51H68N8O7. The summed E-state index contributed by atoms with van der Waals surface area (Å²) in [7, 11) is 1.52. The second-order valence-electron chi connectivity index (χ2n) is 20.0. The third kappa shape index (κ3) is 10.3. The van der Waals surface area contributed by atoms with Crippen LogP contribution in [0.1, 0.15) is 97.9 Å². The standard InChI is InChI=1S/C51H68N8O7/c1-11-57-41-17-16-33-24-37(41)38(46(57)36-14-12-18-52-44(36)29(2)3)25-51(8,9)28-66-50(65)39-15-13-19-59(55-39)49(64)40(22-32-20-34(33)23-35(60)21-32)54-48(63)45(30(4)5)56(10)43(61)26-53-47(62)42-27-58(42)31(6)7/h12,14,16-18,20-21,23-24,29-31,39-40,42,45,55,60H,11,13,15,19,22,25-28H2,1-10H3,(H,53,62)(H,54,63)/t39-,40-,42-,45-,58?/m0/s1. The van der Waals surface area contributed by atoms with Gasteiger partial charge in [0, 0.05) is 67.2 Å². The maximum atomic E-state index is 14.7. The van der Waals surface area contributed by atoms with E-state index in [1.807, 2.05) is 57.0 Å². The number of ether oxygens (including phenoxy) is 1. The third-order valence-corrected chi connectivity index (χ3v) is 13.2. The Kier molecular flexibility index (Phi) is 14.3. The number of carbonyl (C=O) groups is 5. The number of amides is 4. The summed E-state index contributed by atoms with van der Waals surface area (Å²) < 4.78 is 8.43. The van der Waals surface area contributed by atoms with Crippen LogP contribution in [0.15, 0.2) is 54.7 Å². The Hall–Kier alpha value is -5.80. The van der Waals surface area contributed by atoms with E-state index in [0.717, 1.165) is 44.5 Å². The van der Waals surface area contributed by atoms with Gasteiger partial charge in [0.2, 0.25) is 17.7 Å². The third-order valence-electron chi connectivity index (χ3n) is 13.2. The number of nitrogens with zero attached hydrogens (tertiary/aromatic N) is 5. The van der Waals surface area contributed by atoms with E-state index in [-0.39, 0.29) is 61.7 Å². The molecule has 5 heterocycles. The van der Waals surface area contributed by atoms with Crippen LogP contribution in [0.25, 0.3) is 33.3 Å². The first-order valence-corrected chi connectivity index (χ1v) is 23.6. The van der Waals surface area contributed by atoms with Crippen LogP contribution in [0.3, 0.4) is 0 Å². The molecule has 2 aromatic carbocycles. The van der Waals surface area contributed by atoms with Gasteiger partial charge in [-0.15, -0.1) is 0 Å². The van der Waals surface area contributed by atoms with Crippen LogP contribution < -0.4 is 16.1 Å². The highest BCUT2D eigenvalue weighted by molar-refractivity contribution is 5.96. The summed E-state index contributed by atoms with van der Waals surface area (Å²) in [5, 5.41) is 19.4. The number of aromatic hydroxyl groups is 1. The number of likely N-dealkylation sites (N-methyl/N-ethyl adjacent to an activating group) is 1. The molecule has 7 rings (SSSR count). The summed E-state index contributed by atoms with van der Waals surface area (Å²) in [5.74, 6) is -2.41. The highest BCUT2D eigenvalue weighted by Gasteiger charge is 2.42. The minimum Gasteiger partial charge on any atom is -0.508 e. The van der Waals surface area contributed by atoms with Crippen molar-refractivity contribution < 1.29 is 33.8 Å². The number of carbonyl (C=O) groups excluding carboxylic acids is 5. The Morgan fingerprint density at radius 1 is 1.03 bits per heavy atom. The summed E-state index contributed by atoms with van der Waals surface area (Å²) in [5.41, 5.74) is 10.0. The molecule has 0 aliphatic carbocycles. The summed E-state index contributed by atoms with van der Waals surface area (Å²) in [4.78, 5) is 77.5. The number of fused-ring (bicyclic) bond motifs is 6. The van der Waals surface area contributed by atoms with Crippen molar-refractivity contribution in [2.45, 2.75) is 131 Å². The molecule has 6 bridgehead atoms. The van der Waals surface area contributed by atoms with E-state index in [9.17, 15) is 29.1 Å². The predicted octanol–water partition coefficient (Wildman–Crippen LogP) is 5.56. The van der Waals surface area contributed by atoms with Crippen molar-refractivity contribution in [3.05, 3.63) is 71.5 Å². The first-order chi connectivity index (χ1) is 31.3. The van der Waals surface area contributed by atoms with Crippen molar-refractivity contribution in [1.82, 2.24) is 40.4 Å². The van der Waals surface area contributed by atoms with Gasteiger partial charge in [0.1, 0.15) is 29.9 Å². The molecule has 15 heteroatoms. The van der Waals surface area contributed by atoms with Crippen molar-refractivity contribution in [2.75, 3.05) is 33.3 Å². The summed E-state index contributed by atoms with van der Waals surface area (Å²) in [6.07, 6.45) is 3.35. The van der Waals surface area contributed by atoms with Crippen molar-refractivity contribution in [2.24, 2.45) is 11.3 Å². The van der Waals surface area contributed by atoms with Crippen molar-refractivity contribution in [1.29, 1.82) is 0 Å². The van der Waals surface area contributed by atoms with Crippen molar-refractivity contribution in [3.8, 4) is 28.1 Å². The van der Waals surface area contributed by atoms with Crippen LogP contribution in [0.2, 0.25) is 0 Å². The number of cyclic esters (lactones) is 1. The number of nitrogens with one attached hydrogen (secondary N) is 3. The fourth-order valence-corrected chi connectivity index (χ4v) is 9.79. The maximum Gasteiger partial charge on any atom is 0.324 e. The SMILES string of the molecule is CCn1c(-c2cccnc2C(C)C)c2c3cc(ccc31)-c1cc(O)cc(c1)C[C@H](NC(=O)[C@H](C(C)C)N(C)C(=O)CNC(=O)[C@@H]1CN1C(C)C)C(=O)N1CCC[C@H](N1)C(=O)OCC(C)(C)C2. The fourth-order valence-electron chi connectivity index (χ4n) is 9.79. The Labute approximate surface area is 388 Å². The predicted molar refractivity (Wildman–Crippen MR) is 254 cm³/mol. The minimum absolute atomic E-state index is 0.00584. The van der Waals surface area contributed by atoms with Crippen LogP contribution in [-0.4, -0.2) is 123 Å². The topological polar surface area (TPSA) is 178 Å². The minimum atomic E-state index is -1.17. The Balaban J connectivity index is 1.27. The summed E-state index contributed by atoms with van der Waals surface area (Å²) in [6, 6.07) is 12.6. The number of hydrogen-bond acceptors (Lipinski definition) is 10. The number of benzene rings is 2. The van der Waals surface area contributed by atoms with Gasteiger partial charge in [0.15, 0.2) is 0 Å². The van der Waals surface area contributed by atoms with Gasteiger partial charge in [-0.1, -0.05) is 53.7 Å². The smallest absolute Gasteiger partial charge is 0.324 e. The molecule has 2 aromatic heterocycles. The molecule has 3 aliphatic rings. The van der Waals surface area contributed by atoms with Gasteiger partial charge in [-0.3, -0.25) is 38.9 Å². The monoisotopic (exact) mass is 905 g/mol. The van der Waals surface area contributed by atoms with Crippen LogP contribution in [0.5, 0.6) is 5.75 Å². The lowest BCUT2D eigenvalue weighted by Gasteiger charge is -2.36. The number of aryl methyl sites for hydroxylation is 1. The maximum absolute atomic E-state index is 14.7. The van der Waals surface area contributed by atoms with Crippen LogP contribution in [0.4, 0.5) is 0 Å². The molecule has 0 spiro atoms. The Morgan fingerprint density at radius 2 is 1.79 bits per heavy atom. The normalized spacial score (nSPS) is 21.4. The van der Waals surface area contributed by atoms with Crippen LogP contribution in [-0.2, 0) is 48.1 Å². The molecular weight excluding hydrogens is 837 g/mol. The molecule has 4 N–H and O–H groups in total. The van der Waals surface area contributed by atoms with Crippen LogP contribution >= 0.6 is 0 Å². The lowest BCUT2D eigenvalue weighted by Crippen LogP contribution is -2.62. The van der Waals surface area contributed by atoms with E-state index in [1.54, 1.807) is 12.1 Å². The first-order valence-electron chi connectivity index (χ1n) is 23.6. The van der Waals surface area contributed by atoms with Gasteiger partial charge < -0.3 is 29.9 Å². The molecule has 15 nitrogen and oxygen atoms in total. The average Bonchev–Trinajstić information content (AvgIpc) is 4.04. The highest BCUT2D eigenvalue weighted by Crippen LogP contribution is 2.42. The number of hydrazine groups is 1. The van der Waals surface area contributed by atoms with Gasteiger partial charge in [0.05, 0.1) is 24.5 Å². The van der Waals surface area contributed by atoms with E-state index >= 15 is 0 Å². The second-order valence-corrected chi connectivity index (χ2v) is 20.0. The zero-order valence-electron chi connectivity index (χ0n) is 40.2. The molecule has 0 saturated carbocycles. The molecule has 0 radical (unpaired) electrons. The van der Waals surface area contributed by atoms with E-state index in [2.05, 4.69) is 73.4 Å². The lowest BCUT2D eigenvalue weighted by molar-refractivity contribution is -0.155. The highest BCUT2D eigenvalue weighted by atomic mass is 16.5. The molecule has 4 aromatic rings. The zero-order chi connectivity index (χ0) is 47.8. The van der Waals surface area contributed by atoms with E-state index in [4.69, 9.17) is 9.72 Å². The molecule has 1 unspecified atom stereocenters. The number of rotatable bonds is 11. The van der Waals surface area contributed by atoms with E-state index < -0.39 is 47.2 Å². The van der Waals surface area contributed by atoms with E-state index in [0.29, 0.717) is 37.9 Å². The molecule has 2 fully saturated rings. The van der Waals surface area contributed by atoms with Gasteiger partial charge in [-0.05, 0) is 111 Å². The number of esters is 1. The molecule has 354 valence electrons. The largest absolute Gasteiger partial charge is 0.508 e. The second kappa shape index (κ2) is 19.6.